The lowest BCUT2D eigenvalue weighted by molar-refractivity contribution is 0.0993. The number of nitrogens with two attached hydrogens (primary N) is 1. The zero-order valence-corrected chi connectivity index (χ0v) is 11.3. The van der Waals surface area contributed by atoms with Crippen LogP contribution in [-0.4, -0.2) is 32.0 Å². The van der Waals surface area contributed by atoms with Crippen molar-refractivity contribution in [2.24, 2.45) is 5.73 Å². The van der Waals surface area contributed by atoms with Crippen LogP contribution in [-0.2, 0) is 0 Å². The Bertz CT molecular complexity index is 821. The highest BCUT2D eigenvalue weighted by Gasteiger charge is 2.11. The number of aromatic amines is 2. The zero-order chi connectivity index (χ0) is 15.5. The topological polar surface area (TPSA) is 130 Å². The molecular formula is C14H12N6O2. The quantitative estimate of drug-likeness (QED) is 0.575. The Hall–Kier alpha value is -3.42. The maximum absolute atomic E-state index is 12.2. The van der Waals surface area contributed by atoms with E-state index < -0.39 is 5.91 Å². The minimum atomic E-state index is -0.590. The number of H-pyrrole nitrogens is 2. The van der Waals surface area contributed by atoms with Crippen molar-refractivity contribution in [3.63, 3.8) is 0 Å². The molecule has 3 rings (SSSR count). The second kappa shape index (κ2) is 5.52. The lowest BCUT2D eigenvalue weighted by atomic mass is 10.1. The highest BCUT2D eigenvalue weighted by Crippen LogP contribution is 2.17. The van der Waals surface area contributed by atoms with Crippen LogP contribution >= 0.6 is 0 Å². The van der Waals surface area contributed by atoms with Gasteiger partial charge >= 0.3 is 0 Å². The first kappa shape index (κ1) is 13.6. The fourth-order valence-electron chi connectivity index (χ4n) is 1.96. The first-order valence-electron chi connectivity index (χ1n) is 6.39. The Balaban J connectivity index is 1.80. The summed E-state index contributed by atoms with van der Waals surface area (Å²) in [5, 5.41) is 9.19. The average molecular weight is 296 g/mol. The average Bonchev–Trinajstić information content (AvgIpc) is 3.19. The Kier molecular flexibility index (Phi) is 3.40. The Morgan fingerprint density at radius 2 is 2.09 bits per heavy atom. The van der Waals surface area contributed by atoms with Gasteiger partial charge in [-0.25, -0.2) is 4.98 Å². The number of nitrogens with zero attached hydrogens (tertiary/aromatic N) is 2. The maximum atomic E-state index is 12.2. The number of hydrogen-bond acceptors (Lipinski definition) is 4. The standard InChI is InChI=1S/C14H12N6O2/c15-12(21)11-5-10(6-16-11)19-14(22)9-3-1-2-8(4-9)13-17-7-18-20-13/h1-7,16H,(H2,15,21)(H,19,22)(H,17,18,20). The predicted molar refractivity (Wildman–Crippen MR) is 79.1 cm³/mol. The van der Waals surface area contributed by atoms with Crippen LogP contribution in [0.3, 0.4) is 0 Å². The molecule has 0 atom stereocenters. The number of hydrogen-bond donors (Lipinski definition) is 4. The summed E-state index contributed by atoms with van der Waals surface area (Å²) in [6.45, 7) is 0. The summed E-state index contributed by atoms with van der Waals surface area (Å²) in [5.74, 6) is -0.323. The highest BCUT2D eigenvalue weighted by atomic mass is 16.2. The van der Waals surface area contributed by atoms with Crippen LogP contribution in [0, 0.1) is 0 Å². The third kappa shape index (κ3) is 2.70. The molecule has 1 aromatic carbocycles. The molecule has 8 heteroatoms. The van der Waals surface area contributed by atoms with Gasteiger partial charge in [-0.1, -0.05) is 12.1 Å². The summed E-state index contributed by atoms with van der Waals surface area (Å²) in [7, 11) is 0. The number of primary amides is 1. The minimum absolute atomic E-state index is 0.228. The first-order chi connectivity index (χ1) is 10.6. The van der Waals surface area contributed by atoms with E-state index in [0.717, 1.165) is 5.56 Å². The van der Waals surface area contributed by atoms with E-state index in [1.807, 2.05) is 6.07 Å². The molecule has 3 aromatic rings. The number of benzene rings is 1. The van der Waals surface area contributed by atoms with Crippen LogP contribution in [0.15, 0.2) is 42.9 Å². The molecule has 22 heavy (non-hydrogen) atoms. The second-order valence-electron chi connectivity index (χ2n) is 4.54. The number of carbonyl (C=O) groups is 2. The van der Waals surface area contributed by atoms with Crippen LogP contribution in [0.1, 0.15) is 20.8 Å². The second-order valence-corrected chi connectivity index (χ2v) is 4.54. The van der Waals surface area contributed by atoms with Crippen molar-refractivity contribution in [1.29, 1.82) is 0 Å². The Morgan fingerprint density at radius 1 is 1.23 bits per heavy atom. The normalized spacial score (nSPS) is 10.4. The smallest absolute Gasteiger partial charge is 0.265 e. The van der Waals surface area contributed by atoms with Crippen molar-refractivity contribution < 1.29 is 9.59 Å². The van der Waals surface area contributed by atoms with Crippen LogP contribution in [0.2, 0.25) is 0 Å². The number of anilines is 1. The zero-order valence-electron chi connectivity index (χ0n) is 11.3. The Morgan fingerprint density at radius 3 is 2.77 bits per heavy atom. The largest absolute Gasteiger partial charge is 0.364 e. The van der Waals surface area contributed by atoms with Crippen LogP contribution in [0.4, 0.5) is 5.69 Å². The molecular weight excluding hydrogens is 284 g/mol. The first-order valence-corrected chi connectivity index (χ1v) is 6.39. The summed E-state index contributed by atoms with van der Waals surface area (Å²) in [4.78, 5) is 30.0. The van der Waals surface area contributed by atoms with E-state index in [-0.39, 0.29) is 11.6 Å². The molecule has 0 aliphatic heterocycles. The monoisotopic (exact) mass is 296 g/mol. The van der Waals surface area contributed by atoms with Gasteiger partial charge in [-0.05, 0) is 18.2 Å². The summed E-state index contributed by atoms with van der Waals surface area (Å²) in [5.41, 5.74) is 7.03. The van der Waals surface area contributed by atoms with E-state index in [1.165, 1.54) is 18.6 Å². The molecule has 5 N–H and O–H groups in total. The van der Waals surface area contributed by atoms with Crippen molar-refractivity contribution in [2.45, 2.75) is 0 Å². The van der Waals surface area contributed by atoms with Crippen molar-refractivity contribution in [2.75, 3.05) is 5.32 Å². The molecule has 0 radical (unpaired) electrons. The van der Waals surface area contributed by atoms with E-state index in [4.69, 9.17) is 5.73 Å². The highest BCUT2D eigenvalue weighted by molar-refractivity contribution is 6.05. The van der Waals surface area contributed by atoms with Gasteiger partial charge in [0.05, 0.1) is 5.69 Å². The number of amides is 2. The molecule has 0 aliphatic rings. The minimum Gasteiger partial charge on any atom is -0.364 e. The van der Waals surface area contributed by atoms with Crippen molar-refractivity contribution in [3.05, 3.63) is 54.1 Å². The van der Waals surface area contributed by atoms with Crippen LogP contribution in [0.5, 0.6) is 0 Å². The number of aromatic nitrogens is 4. The summed E-state index contributed by atoms with van der Waals surface area (Å²) >= 11 is 0. The summed E-state index contributed by atoms with van der Waals surface area (Å²) < 4.78 is 0. The molecule has 0 aliphatic carbocycles. The summed E-state index contributed by atoms with van der Waals surface area (Å²) in [6, 6.07) is 8.41. The van der Waals surface area contributed by atoms with Gasteiger partial charge in [0, 0.05) is 17.3 Å². The number of nitrogens with one attached hydrogen (secondary N) is 3. The van der Waals surface area contributed by atoms with Crippen LogP contribution in [0.25, 0.3) is 11.4 Å². The molecule has 8 nitrogen and oxygen atoms in total. The van der Waals surface area contributed by atoms with Crippen molar-refractivity contribution >= 4 is 17.5 Å². The maximum Gasteiger partial charge on any atom is 0.265 e. The Labute approximate surface area is 124 Å². The SMILES string of the molecule is NC(=O)c1cc(NC(=O)c2cccc(-c3ncn[nH]3)c2)c[nH]1. The molecule has 0 bridgehead atoms. The molecule has 0 unspecified atom stereocenters. The van der Waals surface area contributed by atoms with E-state index >= 15 is 0 Å². The van der Waals surface area contributed by atoms with Gasteiger partial charge in [-0.15, -0.1) is 0 Å². The van der Waals surface area contributed by atoms with Gasteiger partial charge in [0.1, 0.15) is 12.0 Å². The van der Waals surface area contributed by atoms with Gasteiger partial charge in [0.2, 0.25) is 0 Å². The fourth-order valence-corrected chi connectivity index (χ4v) is 1.96. The lowest BCUT2D eigenvalue weighted by Crippen LogP contribution is -2.12. The lowest BCUT2D eigenvalue weighted by Gasteiger charge is -2.04. The van der Waals surface area contributed by atoms with E-state index in [2.05, 4.69) is 25.5 Å². The van der Waals surface area contributed by atoms with Gasteiger partial charge in [0.25, 0.3) is 11.8 Å². The molecule has 0 saturated carbocycles. The third-order valence-corrected chi connectivity index (χ3v) is 3.02. The van der Waals surface area contributed by atoms with Crippen molar-refractivity contribution in [3.8, 4) is 11.4 Å². The fraction of sp³-hybridized carbons (Fsp3) is 0. The van der Waals surface area contributed by atoms with E-state index in [9.17, 15) is 9.59 Å². The number of rotatable bonds is 4. The molecule has 2 heterocycles. The van der Waals surface area contributed by atoms with Gasteiger partial charge in [-0.3, -0.25) is 14.7 Å². The molecule has 2 aromatic heterocycles. The van der Waals surface area contributed by atoms with Crippen molar-refractivity contribution in [1.82, 2.24) is 20.2 Å². The molecule has 2 amide bonds. The van der Waals surface area contributed by atoms with Crippen LogP contribution < -0.4 is 11.1 Å². The van der Waals surface area contributed by atoms with E-state index in [1.54, 1.807) is 18.2 Å². The number of carbonyl (C=O) groups excluding carboxylic acids is 2. The van der Waals surface area contributed by atoms with Gasteiger partial charge in [0.15, 0.2) is 5.82 Å². The third-order valence-electron chi connectivity index (χ3n) is 3.02. The molecule has 110 valence electrons. The van der Waals surface area contributed by atoms with Gasteiger partial charge in [-0.2, -0.15) is 5.10 Å². The summed E-state index contributed by atoms with van der Waals surface area (Å²) in [6.07, 6.45) is 2.89. The molecule has 0 spiro atoms. The molecule has 0 fully saturated rings. The van der Waals surface area contributed by atoms with Gasteiger partial charge < -0.3 is 16.0 Å². The van der Waals surface area contributed by atoms with E-state index in [0.29, 0.717) is 17.1 Å². The predicted octanol–water partition coefficient (Wildman–Crippen LogP) is 1.15. The molecule has 0 saturated heterocycles.